The molecular weight excluding hydrogens is 283 g/mol. The normalized spacial score (nSPS) is 13.6. The zero-order valence-corrected chi connectivity index (χ0v) is 11.8. The van der Waals surface area contributed by atoms with Gasteiger partial charge in [-0.1, -0.05) is 28.9 Å². The Labute approximate surface area is 121 Å². The Balaban J connectivity index is 2.34. The van der Waals surface area contributed by atoms with Crippen LogP contribution < -0.4 is 0 Å². The van der Waals surface area contributed by atoms with E-state index < -0.39 is 6.30 Å². The fraction of sp³-hybridized carbons (Fsp3) is 0.308. The van der Waals surface area contributed by atoms with E-state index in [1.807, 2.05) is 13.8 Å². The fourth-order valence-corrected chi connectivity index (χ4v) is 1.60. The molecule has 0 aliphatic heterocycles. The predicted molar refractivity (Wildman–Crippen MR) is 74.4 cm³/mol. The first-order valence-corrected chi connectivity index (χ1v) is 6.43. The molecule has 2 aromatic rings. The second-order valence-corrected chi connectivity index (χ2v) is 4.79. The van der Waals surface area contributed by atoms with Crippen LogP contribution in [0, 0.1) is 0 Å². The summed E-state index contributed by atoms with van der Waals surface area (Å²) in [6.07, 6.45) is 0.804. The van der Waals surface area contributed by atoms with Crippen LogP contribution in [0.2, 0.25) is 5.02 Å². The number of rotatable bonds is 5. The summed E-state index contributed by atoms with van der Waals surface area (Å²) in [4.78, 5) is 8.88. The molecule has 0 spiro atoms. The average Bonchev–Trinajstić information content (AvgIpc) is 2.94. The average molecular weight is 297 g/mol. The van der Waals surface area contributed by atoms with Gasteiger partial charge in [-0.3, -0.25) is 0 Å². The summed E-state index contributed by atoms with van der Waals surface area (Å²) >= 11 is 5.83. The van der Waals surface area contributed by atoms with Gasteiger partial charge in [0.2, 0.25) is 6.30 Å². The summed E-state index contributed by atoms with van der Waals surface area (Å²) in [5, 5.41) is 8.23. The fourth-order valence-electron chi connectivity index (χ4n) is 1.48. The number of hydrogen-bond acceptors (Lipinski definition) is 4. The van der Waals surface area contributed by atoms with Crippen LogP contribution in [-0.2, 0) is 4.84 Å². The van der Waals surface area contributed by atoms with Crippen molar-refractivity contribution in [2.24, 2.45) is 5.16 Å². The van der Waals surface area contributed by atoms with Gasteiger partial charge in [-0.15, -0.1) is 0 Å². The molecule has 1 aromatic heterocycles. The standard InChI is InChI=1S/C13H14ClFN4O/c1-9(2)20-18-12(10-3-5-11(14)6-4-10)13(15)19-8-16-7-17-19/h3-9,13H,1-2H3. The van der Waals surface area contributed by atoms with Gasteiger partial charge in [0.05, 0.1) is 0 Å². The van der Waals surface area contributed by atoms with E-state index in [4.69, 9.17) is 16.4 Å². The molecule has 0 saturated carbocycles. The lowest BCUT2D eigenvalue weighted by Gasteiger charge is -2.13. The zero-order chi connectivity index (χ0) is 14.5. The summed E-state index contributed by atoms with van der Waals surface area (Å²) in [6.45, 7) is 3.62. The molecule has 0 radical (unpaired) electrons. The van der Waals surface area contributed by atoms with Crippen molar-refractivity contribution < 1.29 is 9.23 Å². The van der Waals surface area contributed by atoms with Crippen LogP contribution in [-0.4, -0.2) is 26.6 Å². The Morgan fingerprint density at radius 3 is 2.60 bits per heavy atom. The van der Waals surface area contributed by atoms with Crippen molar-refractivity contribution >= 4 is 17.3 Å². The molecule has 1 unspecified atom stereocenters. The van der Waals surface area contributed by atoms with Crippen molar-refractivity contribution in [1.82, 2.24) is 14.8 Å². The van der Waals surface area contributed by atoms with Crippen LogP contribution in [0.25, 0.3) is 0 Å². The lowest BCUT2D eigenvalue weighted by molar-refractivity contribution is 0.0829. The lowest BCUT2D eigenvalue weighted by Crippen LogP contribution is -2.18. The molecular formula is C13H14ClFN4O. The number of nitrogens with zero attached hydrogens (tertiary/aromatic N) is 4. The maximum absolute atomic E-state index is 14.5. The van der Waals surface area contributed by atoms with Gasteiger partial charge in [0, 0.05) is 10.6 Å². The lowest BCUT2D eigenvalue weighted by atomic mass is 10.1. The first-order chi connectivity index (χ1) is 9.58. The Hall–Kier alpha value is -1.95. The highest BCUT2D eigenvalue weighted by atomic mass is 35.5. The number of oxime groups is 1. The topological polar surface area (TPSA) is 52.3 Å². The van der Waals surface area contributed by atoms with E-state index in [0.29, 0.717) is 10.6 Å². The van der Waals surface area contributed by atoms with Crippen LogP contribution in [0.1, 0.15) is 25.7 Å². The summed E-state index contributed by atoms with van der Waals surface area (Å²) in [5.74, 6) is 0. The molecule has 0 saturated heterocycles. The molecule has 0 bridgehead atoms. The van der Waals surface area contributed by atoms with Gasteiger partial charge in [-0.25, -0.2) is 14.1 Å². The van der Waals surface area contributed by atoms with Crippen molar-refractivity contribution in [3.63, 3.8) is 0 Å². The largest absolute Gasteiger partial charge is 0.393 e. The minimum atomic E-state index is -1.59. The third-order valence-corrected chi connectivity index (χ3v) is 2.65. The Bertz CT molecular complexity index is 569. The third kappa shape index (κ3) is 3.54. The molecule has 1 aromatic carbocycles. The monoisotopic (exact) mass is 296 g/mol. The number of aromatic nitrogens is 3. The molecule has 0 aliphatic rings. The van der Waals surface area contributed by atoms with Crippen molar-refractivity contribution in [3.05, 3.63) is 47.5 Å². The molecule has 2 rings (SSSR count). The van der Waals surface area contributed by atoms with Gasteiger partial charge in [-0.05, 0) is 26.0 Å². The SMILES string of the molecule is CC(C)ON=C(c1ccc(Cl)cc1)C(F)n1cncn1. The highest BCUT2D eigenvalue weighted by Crippen LogP contribution is 2.19. The van der Waals surface area contributed by atoms with Crippen LogP contribution in [0.5, 0.6) is 0 Å². The van der Waals surface area contributed by atoms with Gasteiger partial charge in [0.1, 0.15) is 24.5 Å². The Kier molecular flexibility index (Phi) is 4.68. The maximum atomic E-state index is 14.5. The van der Waals surface area contributed by atoms with E-state index in [1.165, 1.54) is 12.7 Å². The van der Waals surface area contributed by atoms with Crippen LogP contribution in [0.4, 0.5) is 4.39 Å². The highest BCUT2D eigenvalue weighted by Gasteiger charge is 2.21. The molecule has 0 aliphatic carbocycles. The number of benzene rings is 1. The maximum Gasteiger partial charge on any atom is 0.239 e. The van der Waals surface area contributed by atoms with E-state index in [2.05, 4.69) is 15.2 Å². The van der Waals surface area contributed by atoms with E-state index >= 15 is 0 Å². The van der Waals surface area contributed by atoms with E-state index in [-0.39, 0.29) is 11.8 Å². The molecule has 1 heterocycles. The van der Waals surface area contributed by atoms with Crippen molar-refractivity contribution in [2.45, 2.75) is 26.2 Å². The molecule has 20 heavy (non-hydrogen) atoms. The molecule has 0 amide bonds. The molecule has 0 fully saturated rings. The Morgan fingerprint density at radius 1 is 1.35 bits per heavy atom. The van der Waals surface area contributed by atoms with Crippen LogP contribution in [0.3, 0.4) is 0 Å². The molecule has 7 heteroatoms. The molecule has 1 atom stereocenters. The minimum Gasteiger partial charge on any atom is -0.393 e. The van der Waals surface area contributed by atoms with E-state index in [0.717, 1.165) is 4.68 Å². The summed E-state index contributed by atoms with van der Waals surface area (Å²) in [6, 6.07) is 6.68. The number of hydrogen-bond donors (Lipinski definition) is 0. The predicted octanol–water partition coefficient (Wildman–Crippen LogP) is 3.23. The third-order valence-electron chi connectivity index (χ3n) is 2.40. The van der Waals surface area contributed by atoms with Crippen molar-refractivity contribution in [3.8, 4) is 0 Å². The minimum absolute atomic E-state index is 0.112. The molecule has 0 N–H and O–H groups in total. The molecule has 5 nitrogen and oxygen atoms in total. The number of alkyl halides is 1. The van der Waals surface area contributed by atoms with Crippen molar-refractivity contribution in [2.75, 3.05) is 0 Å². The second kappa shape index (κ2) is 6.47. The van der Waals surface area contributed by atoms with Crippen LogP contribution in [0.15, 0.2) is 42.1 Å². The van der Waals surface area contributed by atoms with Crippen LogP contribution >= 0.6 is 11.6 Å². The molecule has 106 valence electrons. The van der Waals surface area contributed by atoms with Gasteiger partial charge in [0.15, 0.2) is 0 Å². The first-order valence-electron chi connectivity index (χ1n) is 6.05. The van der Waals surface area contributed by atoms with E-state index in [9.17, 15) is 4.39 Å². The highest BCUT2D eigenvalue weighted by molar-refractivity contribution is 6.30. The number of halogens is 2. The zero-order valence-electron chi connectivity index (χ0n) is 11.1. The summed E-state index contributed by atoms with van der Waals surface area (Å²) in [5.41, 5.74) is 0.680. The van der Waals surface area contributed by atoms with E-state index in [1.54, 1.807) is 24.3 Å². The van der Waals surface area contributed by atoms with Gasteiger partial charge >= 0.3 is 0 Å². The summed E-state index contributed by atoms with van der Waals surface area (Å²) in [7, 11) is 0. The first kappa shape index (κ1) is 14.5. The Morgan fingerprint density at radius 2 is 2.05 bits per heavy atom. The quantitative estimate of drug-likeness (QED) is 0.629. The summed E-state index contributed by atoms with van der Waals surface area (Å²) < 4.78 is 15.6. The smallest absolute Gasteiger partial charge is 0.239 e. The van der Waals surface area contributed by atoms with Gasteiger partial charge in [0.25, 0.3) is 0 Å². The second-order valence-electron chi connectivity index (χ2n) is 4.35. The van der Waals surface area contributed by atoms with Gasteiger partial charge < -0.3 is 4.84 Å². The van der Waals surface area contributed by atoms with Crippen molar-refractivity contribution in [1.29, 1.82) is 0 Å². The van der Waals surface area contributed by atoms with Gasteiger partial charge in [-0.2, -0.15) is 5.10 Å².